The molecule has 0 amide bonds. The topological polar surface area (TPSA) is 0 Å². The van der Waals surface area contributed by atoms with Crippen molar-refractivity contribution in [2.45, 2.75) is 31.8 Å². The molecular weight excluding hydrogens is 433 g/mol. The van der Waals surface area contributed by atoms with Gasteiger partial charge in [0.2, 0.25) is 0 Å². The van der Waals surface area contributed by atoms with Gasteiger partial charge in [0, 0.05) is 19.6 Å². The Labute approximate surface area is 181 Å². The summed E-state index contributed by atoms with van der Waals surface area (Å²) in [7, 11) is 0. The van der Waals surface area contributed by atoms with Gasteiger partial charge in [-0.3, -0.25) is 0 Å². The van der Waals surface area contributed by atoms with Crippen LogP contribution < -0.4 is 0 Å². The molecule has 2 unspecified atom stereocenters. The zero-order valence-electron chi connectivity index (χ0n) is 14.1. The van der Waals surface area contributed by atoms with Crippen LogP contribution in [-0.2, 0) is 0 Å². The lowest BCUT2D eigenvalue weighted by Crippen LogP contribution is -2.45. The van der Waals surface area contributed by atoms with Crippen LogP contribution in [0.3, 0.4) is 0 Å². The summed E-state index contributed by atoms with van der Waals surface area (Å²) in [4.78, 5) is 5.36. The van der Waals surface area contributed by atoms with E-state index in [0.717, 1.165) is 8.42 Å². The average Bonchev–Trinajstić information content (AvgIpc) is 3.33. The Balaban J connectivity index is 1.53. The van der Waals surface area contributed by atoms with Crippen molar-refractivity contribution in [3.05, 3.63) is 69.5 Å². The maximum atomic E-state index is 4.49. The van der Waals surface area contributed by atoms with E-state index in [-0.39, 0.29) is 9.49 Å². The fourth-order valence-corrected chi connectivity index (χ4v) is 9.18. The van der Waals surface area contributed by atoms with Crippen molar-refractivity contribution in [2.24, 2.45) is 0 Å². The summed E-state index contributed by atoms with van der Waals surface area (Å²) in [5, 5.41) is 0. The Hall–Kier alpha value is -0.240. The molecule has 0 radical (unpaired) electrons. The van der Waals surface area contributed by atoms with Crippen molar-refractivity contribution in [3.63, 3.8) is 0 Å². The zero-order valence-corrected chi connectivity index (χ0v) is 19.2. The molecule has 2 aromatic heterocycles. The number of rotatable bonds is 2. The molecule has 6 heteroatoms. The van der Waals surface area contributed by atoms with Crippen LogP contribution in [0.4, 0.5) is 0 Å². The first-order chi connectivity index (χ1) is 12.4. The molecule has 0 fully saturated rings. The first kappa shape index (κ1) is 17.8. The molecule has 2 atom stereocenters. The van der Waals surface area contributed by atoms with Crippen molar-refractivity contribution in [2.75, 3.05) is 0 Å². The van der Waals surface area contributed by atoms with Crippen molar-refractivity contribution < 1.29 is 0 Å². The summed E-state index contributed by atoms with van der Waals surface area (Å²) in [5.74, 6) is 0. The highest BCUT2D eigenvalue weighted by atomic mass is 32.2. The van der Waals surface area contributed by atoms with E-state index >= 15 is 0 Å². The molecule has 5 rings (SSSR count). The van der Waals surface area contributed by atoms with E-state index in [0.29, 0.717) is 0 Å². The number of thiol groups is 2. The normalized spacial score (nSPS) is 29.7. The van der Waals surface area contributed by atoms with Crippen LogP contribution in [-0.4, -0.2) is 9.49 Å². The molecule has 0 N–H and O–H groups in total. The molecule has 2 aliphatic heterocycles. The molecule has 0 saturated carbocycles. The van der Waals surface area contributed by atoms with Gasteiger partial charge in [-0.2, -0.15) is 0 Å². The van der Waals surface area contributed by atoms with Gasteiger partial charge in [-0.15, -0.1) is 71.5 Å². The van der Waals surface area contributed by atoms with Crippen molar-refractivity contribution in [3.8, 4) is 0 Å². The van der Waals surface area contributed by atoms with Gasteiger partial charge in [-0.05, 0) is 61.4 Å². The molecule has 132 valence electrons. The first-order valence-electron chi connectivity index (χ1n) is 8.22. The van der Waals surface area contributed by atoms with Crippen molar-refractivity contribution >= 4 is 81.3 Å². The summed E-state index contributed by atoms with van der Waals surface area (Å²) in [6, 6.07) is 8.55. The van der Waals surface area contributed by atoms with E-state index in [9.17, 15) is 0 Å². The molecular formula is C20H16S6. The van der Waals surface area contributed by atoms with Crippen LogP contribution >= 0.6 is 71.5 Å². The average molecular weight is 449 g/mol. The molecule has 2 aromatic rings. The number of hydrogen-bond acceptors (Lipinski definition) is 6. The number of allylic oxidation sites excluding steroid dienone is 4. The van der Waals surface area contributed by atoms with Gasteiger partial charge in [0.15, 0.2) is 0 Å². The summed E-state index contributed by atoms with van der Waals surface area (Å²) < 4.78 is 2.19. The quantitative estimate of drug-likeness (QED) is 0.453. The van der Waals surface area contributed by atoms with Gasteiger partial charge < -0.3 is 0 Å². The number of thioether (sulfide) groups is 2. The van der Waals surface area contributed by atoms with Crippen molar-refractivity contribution in [1.29, 1.82) is 0 Å². The van der Waals surface area contributed by atoms with Gasteiger partial charge in [-0.1, -0.05) is 12.2 Å². The SMILES string of the molecule is CC12SC(c3ccc(S)s3)=CC1=CC=C1C=C(c3ccc(S)s3)SC12C. The van der Waals surface area contributed by atoms with Gasteiger partial charge in [-0.25, -0.2) is 0 Å². The summed E-state index contributed by atoms with van der Waals surface area (Å²) in [5.41, 5.74) is 2.84. The summed E-state index contributed by atoms with van der Waals surface area (Å²) in [6.45, 7) is 4.80. The second-order valence-corrected chi connectivity index (χ2v) is 13.5. The Morgan fingerprint density at radius 2 is 1.12 bits per heavy atom. The first-order valence-corrected chi connectivity index (χ1v) is 12.4. The van der Waals surface area contributed by atoms with E-state index in [2.05, 4.69) is 87.7 Å². The van der Waals surface area contributed by atoms with Gasteiger partial charge >= 0.3 is 0 Å². The highest BCUT2D eigenvalue weighted by molar-refractivity contribution is 8.14. The Kier molecular flexibility index (Phi) is 4.20. The molecule has 4 heterocycles. The maximum Gasteiger partial charge on any atom is 0.0616 e. The lowest BCUT2D eigenvalue weighted by Gasteiger charge is -2.44. The second kappa shape index (κ2) is 6.13. The molecule has 26 heavy (non-hydrogen) atoms. The van der Waals surface area contributed by atoms with Gasteiger partial charge in [0.25, 0.3) is 0 Å². The van der Waals surface area contributed by atoms with Gasteiger partial charge in [0.05, 0.1) is 17.9 Å². The summed E-state index contributed by atoms with van der Waals surface area (Å²) in [6.07, 6.45) is 9.37. The van der Waals surface area contributed by atoms with Crippen LogP contribution in [0.1, 0.15) is 23.6 Å². The second-order valence-electron chi connectivity index (χ2n) is 6.81. The highest BCUT2D eigenvalue weighted by Gasteiger charge is 2.56. The van der Waals surface area contributed by atoms with E-state index in [4.69, 9.17) is 0 Å². The number of thiophene rings is 2. The predicted octanol–water partition coefficient (Wildman–Crippen LogP) is 7.65. The van der Waals surface area contributed by atoms with Crippen LogP contribution in [0.2, 0.25) is 0 Å². The fraction of sp³-hybridized carbons (Fsp3) is 0.200. The molecule has 0 saturated heterocycles. The van der Waals surface area contributed by atoms with Crippen molar-refractivity contribution in [1.82, 2.24) is 0 Å². The minimum atomic E-state index is 0.0249. The third-order valence-corrected chi connectivity index (χ3v) is 11.6. The number of hydrogen-bond donors (Lipinski definition) is 2. The van der Waals surface area contributed by atoms with Crippen LogP contribution in [0, 0.1) is 0 Å². The van der Waals surface area contributed by atoms with E-state index in [1.165, 1.54) is 30.7 Å². The highest BCUT2D eigenvalue weighted by Crippen LogP contribution is 2.67. The largest absolute Gasteiger partial charge is 0.133 e. The van der Waals surface area contributed by atoms with Crippen LogP contribution in [0.15, 0.2) is 68.1 Å². The molecule has 0 spiro atoms. The Morgan fingerprint density at radius 1 is 0.692 bits per heavy atom. The van der Waals surface area contributed by atoms with E-state index in [1.807, 2.05) is 23.5 Å². The molecule has 0 aromatic carbocycles. The third kappa shape index (κ3) is 2.53. The Morgan fingerprint density at radius 3 is 1.46 bits per heavy atom. The maximum absolute atomic E-state index is 4.49. The molecule has 1 aliphatic carbocycles. The van der Waals surface area contributed by atoms with E-state index < -0.39 is 0 Å². The molecule has 3 aliphatic rings. The minimum absolute atomic E-state index is 0.0249. The fourth-order valence-electron chi connectivity index (χ4n) is 3.68. The molecule has 0 bridgehead atoms. The molecule has 0 nitrogen and oxygen atoms in total. The summed E-state index contributed by atoms with van der Waals surface area (Å²) >= 11 is 16.5. The smallest absolute Gasteiger partial charge is 0.0616 e. The number of fused-ring (bicyclic) bond motifs is 3. The monoisotopic (exact) mass is 448 g/mol. The zero-order chi connectivity index (χ0) is 18.1. The van der Waals surface area contributed by atoms with E-state index in [1.54, 1.807) is 22.7 Å². The minimum Gasteiger partial charge on any atom is -0.133 e. The third-order valence-electron chi connectivity index (χ3n) is 5.33. The van der Waals surface area contributed by atoms with Crippen LogP contribution in [0.5, 0.6) is 0 Å². The lowest BCUT2D eigenvalue weighted by atomic mass is 9.77. The van der Waals surface area contributed by atoms with Crippen LogP contribution in [0.25, 0.3) is 9.81 Å². The standard InChI is InChI=1S/C20H16S6/c1-19-11(9-15(25-19)13-5-7-17(21)23-13)3-4-12-10-16(26-20(12,19)2)14-6-8-18(22)24-14/h3-10,21-22H,1-2H3. The van der Waals surface area contributed by atoms with Gasteiger partial charge in [0.1, 0.15) is 0 Å². The predicted molar refractivity (Wildman–Crippen MR) is 127 cm³/mol. The Bertz CT molecular complexity index is 962. The lowest BCUT2D eigenvalue weighted by molar-refractivity contribution is 0.620.